The van der Waals surface area contributed by atoms with Crippen LogP contribution in [0.15, 0.2) is 39.8 Å². The fraction of sp³-hybridized carbons (Fsp3) is 0.462. The molecule has 0 bridgehead atoms. The van der Waals surface area contributed by atoms with Gasteiger partial charge in [-0.2, -0.15) is 5.26 Å². The highest BCUT2D eigenvalue weighted by Gasteiger charge is 2.41. The summed E-state index contributed by atoms with van der Waals surface area (Å²) >= 11 is 0. The molecular formula is C26H27F3N6O2S. The Morgan fingerprint density at radius 1 is 1.24 bits per heavy atom. The van der Waals surface area contributed by atoms with E-state index >= 15 is 0 Å². The Hall–Kier alpha value is -3.46. The van der Waals surface area contributed by atoms with Crippen molar-refractivity contribution in [3.05, 3.63) is 63.5 Å². The number of aryl methyl sites for hydroxylation is 1. The van der Waals surface area contributed by atoms with E-state index in [-0.39, 0.29) is 52.9 Å². The van der Waals surface area contributed by atoms with Gasteiger partial charge >= 0.3 is 0 Å². The highest BCUT2D eigenvalue weighted by atomic mass is 32.2. The number of nitrogens with one attached hydrogen (secondary N) is 1. The van der Waals surface area contributed by atoms with Crippen LogP contribution in [0.2, 0.25) is 0 Å². The van der Waals surface area contributed by atoms with Gasteiger partial charge in [-0.15, -0.1) is 0 Å². The quantitative estimate of drug-likeness (QED) is 0.479. The number of anilines is 1. The number of halogens is 3. The molecule has 0 spiro atoms. The van der Waals surface area contributed by atoms with Crippen LogP contribution in [0.1, 0.15) is 61.8 Å². The maximum atomic E-state index is 14.8. The third-order valence-corrected chi connectivity index (χ3v) is 9.80. The number of hydrogen-bond acceptors (Lipinski definition) is 7. The topological polar surface area (TPSA) is 113 Å². The molecule has 2 aromatic heterocycles. The summed E-state index contributed by atoms with van der Waals surface area (Å²) < 4.78 is 60.3. The second-order valence-corrected chi connectivity index (χ2v) is 12.6. The van der Waals surface area contributed by atoms with Gasteiger partial charge < -0.3 is 5.32 Å². The number of nitriles is 1. The minimum atomic E-state index is -2.96. The van der Waals surface area contributed by atoms with Crippen LogP contribution in [-0.2, 0) is 22.2 Å². The van der Waals surface area contributed by atoms with Crippen LogP contribution in [0, 0.1) is 17.1 Å². The van der Waals surface area contributed by atoms with Crippen molar-refractivity contribution in [2.24, 2.45) is 11.4 Å². The minimum absolute atomic E-state index is 0.0366. The van der Waals surface area contributed by atoms with Crippen molar-refractivity contribution in [3.8, 4) is 6.07 Å². The first-order chi connectivity index (χ1) is 18.1. The van der Waals surface area contributed by atoms with Crippen molar-refractivity contribution in [1.82, 2.24) is 14.5 Å². The lowest BCUT2D eigenvalue weighted by atomic mass is 9.77. The van der Waals surface area contributed by atoms with Crippen LogP contribution in [0.4, 0.5) is 19.0 Å². The van der Waals surface area contributed by atoms with Crippen LogP contribution < -0.4 is 10.9 Å². The third-order valence-electron chi connectivity index (χ3n) is 7.43. The number of alkyl halides is 2. The van der Waals surface area contributed by atoms with Gasteiger partial charge in [-0.3, -0.25) is 9.36 Å². The average Bonchev–Trinajstić information content (AvgIpc) is 3.71. The molecule has 12 heteroatoms. The summed E-state index contributed by atoms with van der Waals surface area (Å²) in [5, 5.41) is 13.7. The van der Waals surface area contributed by atoms with Gasteiger partial charge in [0.05, 0.1) is 34.5 Å². The molecule has 1 aliphatic carbocycles. The van der Waals surface area contributed by atoms with Crippen LogP contribution in [0.3, 0.4) is 0 Å². The van der Waals surface area contributed by atoms with Crippen molar-refractivity contribution in [2.75, 3.05) is 16.8 Å². The third kappa shape index (κ3) is 4.64. The maximum Gasteiger partial charge on any atom is 0.266 e. The van der Waals surface area contributed by atoms with E-state index in [1.165, 1.54) is 23.0 Å². The van der Waals surface area contributed by atoms with Crippen LogP contribution >= 0.6 is 0 Å². The molecule has 8 nitrogen and oxygen atoms in total. The summed E-state index contributed by atoms with van der Waals surface area (Å²) in [6, 6.07) is 7.12. The lowest BCUT2D eigenvalue weighted by molar-refractivity contribution is 0.146. The molecule has 38 heavy (non-hydrogen) atoms. The highest BCUT2D eigenvalue weighted by molar-refractivity contribution is 7.93. The molecule has 1 N–H and O–H groups in total. The van der Waals surface area contributed by atoms with E-state index in [0.717, 1.165) is 18.9 Å². The highest BCUT2D eigenvalue weighted by Crippen LogP contribution is 2.38. The summed E-state index contributed by atoms with van der Waals surface area (Å²) in [5.41, 5.74) is -1.65. The first-order valence-electron chi connectivity index (χ1n) is 12.4. The molecule has 1 aliphatic heterocycles. The van der Waals surface area contributed by atoms with Gasteiger partial charge in [-0.1, -0.05) is 18.2 Å². The Morgan fingerprint density at radius 3 is 2.55 bits per heavy atom. The van der Waals surface area contributed by atoms with Gasteiger partial charge in [-0.05, 0) is 38.7 Å². The molecule has 1 aromatic carbocycles. The second-order valence-electron chi connectivity index (χ2n) is 10.0. The van der Waals surface area contributed by atoms with E-state index < -0.39 is 39.0 Å². The molecule has 3 aromatic rings. The molecule has 5 rings (SSSR count). The number of nitrogens with zero attached hydrogens (tertiary/aromatic N) is 5. The Balaban J connectivity index is 1.55. The molecule has 2 fully saturated rings. The summed E-state index contributed by atoms with van der Waals surface area (Å²) in [4.78, 5) is 21.9. The predicted molar refractivity (Wildman–Crippen MR) is 138 cm³/mol. The monoisotopic (exact) mass is 544 g/mol. The first-order valence-corrected chi connectivity index (χ1v) is 14.2. The number of aromatic nitrogens is 3. The minimum Gasteiger partial charge on any atom is -0.363 e. The molecule has 0 amide bonds. The molecule has 1 saturated carbocycles. The van der Waals surface area contributed by atoms with E-state index in [0.29, 0.717) is 11.0 Å². The van der Waals surface area contributed by atoms with E-state index in [9.17, 15) is 27.4 Å². The summed E-state index contributed by atoms with van der Waals surface area (Å²) in [6.45, 7) is 1.61. The number of fused-ring (bicyclic) bond motifs is 1. The van der Waals surface area contributed by atoms with Crippen molar-refractivity contribution >= 4 is 26.6 Å². The zero-order valence-corrected chi connectivity index (χ0v) is 21.8. The lowest BCUT2D eigenvalue weighted by Gasteiger charge is -2.32. The van der Waals surface area contributed by atoms with Gasteiger partial charge in [0.25, 0.3) is 12.0 Å². The average molecular weight is 545 g/mol. The summed E-state index contributed by atoms with van der Waals surface area (Å²) in [5.74, 6) is -0.255. The molecule has 1 atom stereocenters. The van der Waals surface area contributed by atoms with Crippen LogP contribution in [0.25, 0.3) is 11.0 Å². The molecular weight excluding hydrogens is 517 g/mol. The molecule has 3 heterocycles. The smallest absolute Gasteiger partial charge is 0.266 e. The van der Waals surface area contributed by atoms with Gasteiger partial charge in [0.2, 0.25) is 0 Å². The normalized spacial score (nSPS) is 24.2. The van der Waals surface area contributed by atoms with E-state index in [1.807, 2.05) is 0 Å². The Morgan fingerprint density at radius 2 is 1.92 bits per heavy atom. The van der Waals surface area contributed by atoms with Crippen molar-refractivity contribution in [1.29, 1.82) is 5.26 Å². The van der Waals surface area contributed by atoms with Gasteiger partial charge in [0.15, 0.2) is 0 Å². The molecule has 0 radical (unpaired) electrons. The largest absolute Gasteiger partial charge is 0.363 e. The standard InChI is InChI=1S/C26H27F3N6O2S/c1-15(17-4-3-5-18(21(17)27)22(28)29)33-23-19-12-20(25(36)35(2)24(19)32-14-31-23)26(13-30)8-10-38(37,11-9-26)34-16-6-7-16/h3-5,12,14-16,22H,6-11H2,1-2H3,(H,31,32,33)/t15-,26?,38?/m1/s1. The predicted octanol–water partition coefficient (Wildman–Crippen LogP) is 4.76. The second kappa shape index (κ2) is 9.69. The van der Waals surface area contributed by atoms with Crippen molar-refractivity contribution in [3.63, 3.8) is 0 Å². The van der Waals surface area contributed by atoms with E-state index in [4.69, 9.17) is 0 Å². The Labute approximate surface area is 218 Å². The number of benzene rings is 1. The van der Waals surface area contributed by atoms with Crippen molar-refractivity contribution in [2.45, 2.75) is 56.5 Å². The number of hydrogen-bond donors (Lipinski definition) is 1. The van der Waals surface area contributed by atoms with Gasteiger partial charge in [0, 0.05) is 39.4 Å². The van der Waals surface area contributed by atoms with Gasteiger partial charge in [-0.25, -0.2) is 31.7 Å². The van der Waals surface area contributed by atoms with E-state index in [1.54, 1.807) is 20.0 Å². The molecule has 2 aliphatic rings. The number of rotatable bonds is 6. The fourth-order valence-electron chi connectivity index (χ4n) is 4.97. The molecule has 200 valence electrons. The van der Waals surface area contributed by atoms with E-state index in [2.05, 4.69) is 25.7 Å². The molecule has 1 saturated heterocycles. The van der Waals surface area contributed by atoms with Gasteiger partial charge in [0.1, 0.15) is 23.6 Å². The number of pyridine rings is 1. The maximum absolute atomic E-state index is 14.8. The summed E-state index contributed by atoms with van der Waals surface area (Å²) in [7, 11) is -0.870. The zero-order valence-electron chi connectivity index (χ0n) is 21.0. The Kier molecular flexibility index (Phi) is 6.67. The fourth-order valence-corrected chi connectivity index (χ4v) is 7.48. The SMILES string of the molecule is C[C@@H](Nc1ncnc2c1cc(C1(C#N)CCS(=O)(=NC3CC3)CC1)c(=O)n2C)c1cccc(C(F)F)c1F. The van der Waals surface area contributed by atoms with Crippen LogP contribution in [-0.4, -0.2) is 36.3 Å². The van der Waals surface area contributed by atoms with Crippen LogP contribution in [0.5, 0.6) is 0 Å². The zero-order chi connectivity index (χ0) is 27.2. The molecule has 0 unspecified atom stereocenters. The lowest BCUT2D eigenvalue weighted by Crippen LogP contribution is -2.41. The Bertz CT molecular complexity index is 1620. The van der Waals surface area contributed by atoms with Crippen molar-refractivity contribution < 1.29 is 17.4 Å². The first kappa shape index (κ1) is 26.2. The summed E-state index contributed by atoms with van der Waals surface area (Å²) in [6.07, 6.45) is 0.642.